The van der Waals surface area contributed by atoms with Crippen LogP contribution >= 0.6 is 46.4 Å². The number of halogens is 5. The van der Waals surface area contributed by atoms with Crippen molar-refractivity contribution in [2.45, 2.75) is 12.1 Å². The number of amides is 3. The lowest BCUT2D eigenvalue weighted by Gasteiger charge is -2.50. The number of fused-ring (bicyclic) bond motifs is 1. The van der Waals surface area contributed by atoms with E-state index < -0.39 is 35.6 Å². The predicted molar refractivity (Wildman–Crippen MR) is 137 cm³/mol. The summed E-state index contributed by atoms with van der Waals surface area (Å²) in [7, 11) is 2.91. The zero-order chi connectivity index (χ0) is 26.8. The smallest absolute Gasteiger partial charge is 0.264 e. The summed E-state index contributed by atoms with van der Waals surface area (Å²) in [6.45, 7) is 0. The second-order valence-electron chi connectivity index (χ2n) is 8.17. The molecule has 7 nitrogen and oxygen atoms in total. The highest BCUT2D eigenvalue weighted by molar-refractivity contribution is 6.55. The Labute approximate surface area is 230 Å². The van der Waals surface area contributed by atoms with Crippen molar-refractivity contribution in [2.24, 2.45) is 0 Å². The van der Waals surface area contributed by atoms with Crippen molar-refractivity contribution in [3.63, 3.8) is 0 Å². The van der Waals surface area contributed by atoms with Gasteiger partial charge in [-0.15, -0.1) is 0 Å². The van der Waals surface area contributed by atoms with Gasteiger partial charge in [-0.2, -0.15) is 0 Å². The highest BCUT2D eigenvalue weighted by Gasteiger charge is 2.59. The lowest BCUT2D eigenvalue weighted by molar-refractivity contribution is -0.130. The number of hydrogen-bond donors (Lipinski definition) is 0. The van der Waals surface area contributed by atoms with E-state index in [2.05, 4.69) is 0 Å². The molecule has 2 aliphatic rings. The number of carbonyl (C=O) groups excluding carboxylic acids is 3. The number of rotatable bonds is 5. The summed E-state index contributed by atoms with van der Waals surface area (Å²) in [5, 5.41) is -0.864. The van der Waals surface area contributed by atoms with E-state index in [-0.39, 0.29) is 31.2 Å². The zero-order valence-corrected chi connectivity index (χ0v) is 22.0. The maximum atomic E-state index is 13.6. The Morgan fingerprint density at radius 3 is 1.81 bits per heavy atom. The molecule has 0 unspecified atom stereocenters. The molecular formula is C25H15Cl4FN2O5. The van der Waals surface area contributed by atoms with Gasteiger partial charge in [-0.25, -0.2) is 4.39 Å². The Morgan fingerprint density at radius 2 is 1.30 bits per heavy atom. The number of hydrogen-bond acceptors (Lipinski definition) is 5. The molecule has 5 rings (SSSR count). The van der Waals surface area contributed by atoms with Gasteiger partial charge in [0.25, 0.3) is 17.7 Å². The summed E-state index contributed by atoms with van der Waals surface area (Å²) in [6, 6.07) is 7.90. The number of β-lactam (4-membered cyclic amide) rings is 1. The first-order chi connectivity index (χ1) is 17.6. The summed E-state index contributed by atoms with van der Waals surface area (Å²) >= 11 is 24.8. The fourth-order valence-electron chi connectivity index (χ4n) is 4.61. The van der Waals surface area contributed by atoms with E-state index >= 15 is 0 Å². The maximum Gasteiger partial charge on any atom is 0.264 e. The van der Waals surface area contributed by atoms with Crippen LogP contribution in [0.3, 0.4) is 0 Å². The van der Waals surface area contributed by atoms with Crippen molar-refractivity contribution in [3.05, 3.63) is 85.1 Å². The molecule has 37 heavy (non-hydrogen) atoms. The summed E-state index contributed by atoms with van der Waals surface area (Å²) < 4.78 is 24.5. The molecule has 1 saturated heterocycles. The van der Waals surface area contributed by atoms with Crippen molar-refractivity contribution in [1.82, 2.24) is 4.90 Å². The molecule has 3 aromatic carbocycles. The predicted octanol–water partition coefficient (Wildman–Crippen LogP) is 6.21. The van der Waals surface area contributed by atoms with E-state index in [1.807, 2.05) is 0 Å². The van der Waals surface area contributed by atoms with Crippen molar-refractivity contribution < 1.29 is 28.2 Å². The molecule has 12 heteroatoms. The maximum absolute atomic E-state index is 13.6. The highest BCUT2D eigenvalue weighted by Crippen LogP contribution is 2.50. The third-order valence-corrected chi connectivity index (χ3v) is 8.14. The van der Waals surface area contributed by atoms with E-state index in [4.69, 9.17) is 55.9 Å². The van der Waals surface area contributed by atoms with Crippen LogP contribution in [0.4, 0.5) is 10.1 Å². The van der Waals surface area contributed by atoms with Crippen LogP contribution in [0.5, 0.6) is 11.5 Å². The van der Waals surface area contributed by atoms with Crippen molar-refractivity contribution in [3.8, 4) is 11.5 Å². The number of anilines is 1. The van der Waals surface area contributed by atoms with Crippen LogP contribution in [0.25, 0.3) is 0 Å². The van der Waals surface area contributed by atoms with Crippen molar-refractivity contribution >= 4 is 69.8 Å². The van der Waals surface area contributed by atoms with Crippen molar-refractivity contribution in [1.29, 1.82) is 0 Å². The number of imide groups is 1. The first kappa shape index (κ1) is 25.6. The number of ether oxygens (including phenoxy) is 2. The standard InChI is InChI=1S/C25H15Cl4FN2O5/c1-36-12-7-8-14(37-2)13(9-12)21-22(25(35)31(21)11-5-3-10(30)4-6-11)32-23(33)15-16(24(32)34)18(27)20(29)19(28)17(15)26/h3-9,21-22H,1-2H3/t21-,22-/m0/s1. The van der Waals surface area contributed by atoms with E-state index in [0.29, 0.717) is 22.7 Å². The number of carbonyl (C=O) groups is 3. The first-order valence-corrected chi connectivity index (χ1v) is 12.2. The minimum atomic E-state index is -1.32. The van der Waals surface area contributed by atoms with Gasteiger partial charge in [-0.05, 0) is 42.5 Å². The normalized spacial score (nSPS) is 18.7. The molecular weight excluding hydrogens is 569 g/mol. The van der Waals surface area contributed by atoms with Crippen LogP contribution in [0, 0.1) is 5.82 Å². The van der Waals surface area contributed by atoms with Crippen molar-refractivity contribution in [2.75, 3.05) is 19.1 Å². The van der Waals surface area contributed by atoms with Gasteiger partial charge < -0.3 is 14.4 Å². The SMILES string of the molecule is COc1ccc(OC)c([C@H]2[C@H](N3C(=O)c4c(Cl)c(Cl)c(Cl)c(Cl)c4C3=O)C(=O)N2c2ccc(F)cc2)c1. The topological polar surface area (TPSA) is 76.1 Å². The minimum absolute atomic E-state index is 0.186. The molecule has 0 aliphatic carbocycles. The van der Waals surface area contributed by atoms with Crippen LogP contribution in [-0.2, 0) is 4.79 Å². The van der Waals surface area contributed by atoms with Gasteiger partial charge >= 0.3 is 0 Å². The monoisotopic (exact) mass is 582 g/mol. The second kappa shape index (κ2) is 9.36. The average molecular weight is 584 g/mol. The molecule has 0 bridgehead atoms. The van der Waals surface area contributed by atoms with Gasteiger partial charge in [-0.3, -0.25) is 19.3 Å². The van der Waals surface area contributed by atoms with Crippen LogP contribution in [0.15, 0.2) is 42.5 Å². The van der Waals surface area contributed by atoms with Gasteiger partial charge in [0.2, 0.25) is 0 Å². The summed E-state index contributed by atoms with van der Waals surface area (Å²) in [5.41, 5.74) is 0.308. The molecule has 3 aromatic rings. The second-order valence-corrected chi connectivity index (χ2v) is 9.68. The Bertz CT molecular complexity index is 1450. The fraction of sp³-hybridized carbons (Fsp3) is 0.160. The van der Waals surface area contributed by atoms with E-state index in [0.717, 1.165) is 4.90 Å². The van der Waals surface area contributed by atoms with Gasteiger partial charge in [-0.1, -0.05) is 46.4 Å². The molecule has 2 heterocycles. The van der Waals surface area contributed by atoms with Crippen LogP contribution in [0.2, 0.25) is 20.1 Å². The van der Waals surface area contributed by atoms with Gasteiger partial charge in [0, 0.05) is 11.3 Å². The molecule has 0 N–H and O–H groups in total. The molecule has 1 fully saturated rings. The minimum Gasteiger partial charge on any atom is -0.497 e. The third-order valence-electron chi connectivity index (χ3n) is 6.34. The molecule has 2 aliphatic heterocycles. The summed E-state index contributed by atoms with van der Waals surface area (Å²) in [6.07, 6.45) is 0. The third kappa shape index (κ3) is 3.74. The van der Waals surface area contributed by atoms with E-state index in [1.54, 1.807) is 18.2 Å². The lowest BCUT2D eigenvalue weighted by atomic mass is 9.85. The lowest BCUT2D eigenvalue weighted by Crippen LogP contribution is -2.67. The molecule has 0 saturated carbocycles. The Kier molecular flexibility index (Phi) is 6.48. The van der Waals surface area contributed by atoms with Crippen LogP contribution in [-0.4, -0.2) is 42.9 Å². The quantitative estimate of drug-likeness (QED) is 0.154. The molecule has 3 amide bonds. The Balaban J connectivity index is 1.68. The van der Waals surface area contributed by atoms with Gasteiger partial charge in [0.05, 0.1) is 51.5 Å². The first-order valence-electron chi connectivity index (χ1n) is 10.7. The molecule has 190 valence electrons. The number of nitrogens with zero attached hydrogens (tertiary/aromatic N) is 2. The largest absolute Gasteiger partial charge is 0.497 e. The highest BCUT2D eigenvalue weighted by atomic mass is 35.5. The zero-order valence-electron chi connectivity index (χ0n) is 19.0. The molecule has 0 spiro atoms. The Morgan fingerprint density at radius 1 is 0.730 bits per heavy atom. The Hall–Kier alpha value is -3.04. The molecule has 2 atom stereocenters. The molecule has 0 aromatic heterocycles. The van der Waals surface area contributed by atoms with Gasteiger partial charge in [0.15, 0.2) is 0 Å². The van der Waals surface area contributed by atoms with Crippen LogP contribution in [0.1, 0.15) is 32.3 Å². The number of benzene rings is 3. The number of methoxy groups -OCH3 is 2. The van der Waals surface area contributed by atoms with Gasteiger partial charge in [0.1, 0.15) is 23.4 Å². The van der Waals surface area contributed by atoms with Crippen LogP contribution < -0.4 is 14.4 Å². The average Bonchev–Trinajstić information content (AvgIpc) is 3.15. The fourth-order valence-corrected chi connectivity index (χ4v) is 5.63. The molecule has 0 radical (unpaired) electrons. The summed E-state index contributed by atoms with van der Waals surface area (Å²) in [4.78, 5) is 42.8. The summed E-state index contributed by atoms with van der Waals surface area (Å²) in [5.74, 6) is -1.99. The van der Waals surface area contributed by atoms with E-state index in [9.17, 15) is 18.8 Å². The van der Waals surface area contributed by atoms with E-state index in [1.165, 1.54) is 43.4 Å².